The van der Waals surface area contributed by atoms with Gasteiger partial charge in [-0.05, 0) is 210 Å². The van der Waals surface area contributed by atoms with Crippen LogP contribution in [-0.4, -0.2) is 18.3 Å². The van der Waals surface area contributed by atoms with Gasteiger partial charge in [-0.1, -0.05) is 269 Å². The average Bonchev–Trinajstić information content (AvgIpc) is 1.62. The Labute approximate surface area is 608 Å². The molecule has 0 aliphatic heterocycles. The highest BCUT2D eigenvalue weighted by atomic mass is 15.0. The molecule has 0 atom stereocenters. The zero-order valence-electron chi connectivity index (χ0n) is 58.1. The van der Waals surface area contributed by atoms with Crippen LogP contribution < -0.4 is 0 Å². The summed E-state index contributed by atoms with van der Waals surface area (Å²) >= 11 is 0. The standard InChI is InChI=1S/C51H36N2.C50H32N2/c1-51(2)45-20-9-6-17-39(45)40-26-23-35(31-46(40)51)33-13-12-16-38(29-33)53-48-22-11-8-19-42(48)44-30-34(25-28-49(44)53)36-24-27-43-41-18-7-10-21-47(41)52(50(43)32-36)37-14-4-3-5-15-37;1-2-11-39(12-3-1)52-47-16-8-6-14-43(47)45-28-23-37(32-50(45)52)36-24-29-49-46(31-36)44-15-7-9-17-48(44)51(49)40-25-20-33(21-26-40)35-22-27-42-38(30-35)19-18-34-10-4-5-13-41(34)42/h3-32H,1-2H3;1-32H. The molecule has 21 aromatic rings. The molecule has 1 aliphatic rings. The van der Waals surface area contributed by atoms with Crippen molar-refractivity contribution in [2.24, 2.45) is 0 Å². The van der Waals surface area contributed by atoms with Gasteiger partial charge in [0, 0.05) is 71.3 Å². The third-order valence-corrected chi connectivity index (χ3v) is 22.6. The quantitative estimate of drug-likeness (QED) is 0.135. The summed E-state index contributed by atoms with van der Waals surface area (Å²) in [5.41, 5.74) is 29.6. The summed E-state index contributed by atoms with van der Waals surface area (Å²) in [5, 5.41) is 15.2. The van der Waals surface area contributed by atoms with Gasteiger partial charge in [0.05, 0.1) is 44.1 Å². The molecule has 4 heterocycles. The van der Waals surface area contributed by atoms with Crippen LogP contribution in [-0.2, 0) is 5.41 Å². The largest absolute Gasteiger partial charge is 0.309 e. The maximum atomic E-state index is 2.43. The molecule has 492 valence electrons. The zero-order chi connectivity index (χ0) is 69.4. The molecule has 0 N–H and O–H groups in total. The molecular weight excluding hydrogens is 1270 g/mol. The molecular formula is C101H68N4. The first-order valence-electron chi connectivity index (χ1n) is 36.5. The molecule has 105 heavy (non-hydrogen) atoms. The highest BCUT2D eigenvalue weighted by Gasteiger charge is 2.35. The first-order valence-corrected chi connectivity index (χ1v) is 36.5. The lowest BCUT2D eigenvalue weighted by atomic mass is 9.81. The lowest BCUT2D eigenvalue weighted by Gasteiger charge is -2.22. The monoisotopic (exact) mass is 1340 g/mol. The Hall–Kier alpha value is -13.5. The predicted octanol–water partition coefficient (Wildman–Crippen LogP) is 27.0. The van der Waals surface area contributed by atoms with Crippen LogP contribution in [0.5, 0.6) is 0 Å². The van der Waals surface area contributed by atoms with Crippen LogP contribution in [0.3, 0.4) is 0 Å². The van der Waals surface area contributed by atoms with Gasteiger partial charge in [0.2, 0.25) is 0 Å². The van der Waals surface area contributed by atoms with Crippen molar-refractivity contribution < 1.29 is 0 Å². The Bertz CT molecular complexity index is 7100. The second kappa shape index (κ2) is 23.8. The topological polar surface area (TPSA) is 19.7 Å². The number of rotatable bonds is 8. The Morgan fingerprint density at radius 2 is 0.524 bits per heavy atom. The summed E-state index contributed by atoms with van der Waals surface area (Å²) in [6, 6.07) is 138. The number of hydrogen-bond donors (Lipinski definition) is 0. The minimum Gasteiger partial charge on any atom is -0.309 e. The molecule has 0 unspecified atom stereocenters. The molecule has 4 aromatic heterocycles. The maximum absolute atomic E-state index is 2.43. The minimum atomic E-state index is -0.0350. The van der Waals surface area contributed by atoms with Gasteiger partial charge >= 0.3 is 0 Å². The van der Waals surface area contributed by atoms with Gasteiger partial charge < -0.3 is 18.3 Å². The fraction of sp³-hybridized carbons (Fsp3) is 0.0297. The number of para-hydroxylation sites is 6. The molecule has 4 nitrogen and oxygen atoms in total. The molecule has 0 saturated carbocycles. The van der Waals surface area contributed by atoms with Crippen LogP contribution in [0.2, 0.25) is 0 Å². The fourth-order valence-corrected chi connectivity index (χ4v) is 17.6. The normalized spacial score (nSPS) is 12.6. The molecule has 1 aliphatic carbocycles. The number of benzene rings is 17. The summed E-state index contributed by atoms with van der Waals surface area (Å²) < 4.78 is 9.62. The Kier molecular flexibility index (Phi) is 13.6. The second-order valence-corrected chi connectivity index (χ2v) is 28.8. The molecule has 22 rings (SSSR count). The van der Waals surface area contributed by atoms with Crippen molar-refractivity contribution in [3.8, 4) is 78.4 Å². The highest BCUT2D eigenvalue weighted by molar-refractivity contribution is 6.15. The van der Waals surface area contributed by atoms with Crippen LogP contribution >= 0.6 is 0 Å². The van der Waals surface area contributed by atoms with E-state index in [1.165, 1.54) is 193 Å². The summed E-state index contributed by atoms with van der Waals surface area (Å²) in [6.07, 6.45) is 0. The molecule has 0 radical (unpaired) electrons. The molecule has 17 aromatic carbocycles. The summed E-state index contributed by atoms with van der Waals surface area (Å²) in [7, 11) is 0. The third-order valence-electron chi connectivity index (χ3n) is 22.6. The molecule has 4 heteroatoms. The van der Waals surface area contributed by atoms with E-state index in [4.69, 9.17) is 0 Å². The second-order valence-electron chi connectivity index (χ2n) is 28.8. The number of fused-ring (bicyclic) bond motifs is 18. The van der Waals surface area contributed by atoms with Gasteiger partial charge in [-0.2, -0.15) is 0 Å². The van der Waals surface area contributed by atoms with Crippen molar-refractivity contribution in [1.29, 1.82) is 0 Å². The van der Waals surface area contributed by atoms with Crippen LogP contribution in [0, 0.1) is 0 Å². The lowest BCUT2D eigenvalue weighted by molar-refractivity contribution is 0.660. The smallest absolute Gasteiger partial charge is 0.0547 e. The van der Waals surface area contributed by atoms with E-state index in [9.17, 15) is 0 Å². The summed E-state index contributed by atoms with van der Waals surface area (Å²) in [4.78, 5) is 0. The van der Waals surface area contributed by atoms with Crippen LogP contribution in [0.25, 0.3) is 187 Å². The van der Waals surface area contributed by atoms with E-state index in [1.807, 2.05) is 0 Å². The van der Waals surface area contributed by atoms with Crippen LogP contribution in [0.15, 0.2) is 376 Å². The van der Waals surface area contributed by atoms with Gasteiger partial charge in [0.15, 0.2) is 0 Å². The maximum Gasteiger partial charge on any atom is 0.0547 e. The van der Waals surface area contributed by atoms with Crippen molar-refractivity contribution in [2.75, 3.05) is 0 Å². The molecule has 0 spiro atoms. The Balaban J connectivity index is 0.000000135. The Morgan fingerprint density at radius 3 is 1.10 bits per heavy atom. The van der Waals surface area contributed by atoms with Gasteiger partial charge in [0.1, 0.15) is 0 Å². The van der Waals surface area contributed by atoms with Crippen molar-refractivity contribution >= 4 is 109 Å². The average molecular weight is 1340 g/mol. The van der Waals surface area contributed by atoms with E-state index in [1.54, 1.807) is 0 Å². The number of aromatic nitrogens is 4. The van der Waals surface area contributed by atoms with E-state index in [-0.39, 0.29) is 5.41 Å². The van der Waals surface area contributed by atoms with Crippen molar-refractivity contribution in [3.63, 3.8) is 0 Å². The summed E-state index contributed by atoms with van der Waals surface area (Å²) in [6.45, 7) is 4.70. The zero-order valence-corrected chi connectivity index (χ0v) is 58.1. The molecule has 0 saturated heterocycles. The van der Waals surface area contributed by atoms with Gasteiger partial charge in [0.25, 0.3) is 0 Å². The molecule has 0 bridgehead atoms. The van der Waals surface area contributed by atoms with E-state index in [0.29, 0.717) is 0 Å². The van der Waals surface area contributed by atoms with Crippen LogP contribution in [0.4, 0.5) is 0 Å². The highest BCUT2D eigenvalue weighted by Crippen LogP contribution is 2.50. The fourth-order valence-electron chi connectivity index (χ4n) is 17.6. The first kappa shape index (κ1) is 60.2. The van der Waals surface area contributed by atoms with E-state index >= 15 is 0 Å². The molecule has 0 fully saturated rings. The van der Waals surface area contributed by atoms with Gasteiger partial charge in [-0.3, -0.25) is 0 Å². The predicted molar refractivity (Wildman–Crippen MR) is 445 cm³/mol. The van der Waals surface area contributed by atoms with E-state index in [2.05, 4.69) is 408 Å². The van der Waals surface area contributed by atoms with E-state index in [0.717, 1.165) is 5.69 Å². The van der Waals surface area contributed by atoms with Crippen molar-refractivity contribution in [2.45, 2.75) is 19.3 Å². The third kappa shape index (κ3) is 9.61. The van der Waals surface area contributed by atoms with Gasteiger partial charge in [-0.25, -0.2) is 0 Å². The van der Waals surface area contributed by atoms with E-state index < -0.39 is 0 Å². The lowest BCUT2D eigenvalue weighted by Crippen LogP contribution is -2.14. The van der Waals surface area contributed by atoms with Crippen LogP contribution in [0.1, 0.15) is 25.0 Å². The van der Waals surface area contributed by atoms with Crippen molar-refractivity contribution in [1.82, 2.24) is 18.3 Å². The molecule has 0 amide bonds. The number of hydrogen-bond acceptors (Lipinski definition) is 0. The Morgan fingerprint density at radius 1 is 0.171 bits per heavy atom. The first-order chi connectivity index (χ1) is 51.8. The summed E-state index contributed by atoms with van der Waals surface area (Å²) in [5.74, 6) is 0. The number of nitrogens with zero attached hydrogens (tertiary/aromatic N) is 4. The SMILES string of the molecule is CC1(C)c2ccccc2-c2ccc(-c3cccc(-n4c5ccccc5c5cc(-c6ccc7c8ccccc8n(-c8ccccc8)c7c6)ccc54)c3)cc21.c1ccc(-n2c3ccccc3c3ccc(-c4ccc5c(c4)c4ccccc4n5-c4ccc(-c5ccc6c(ccc7ccccc76)c5)cc4)cc32)cc1. The van der Waals surface area contributed by atoms with Crippen molar-refractivity contribution in [3.05, 3.63) is 387 Å². The minimum absolute atomic E-state index is 0.0350. The van der Waals surface area contributed by atoms with Gasteiger partial charge in [-0.15, -0.1) is 0 Å².